The lowest BCUT2D eigenvalue weighted by Gasteiger charge is -2.13. The molecule has 0 unspecified atom stereocenters. The van der Waals surface area contributed by atoms with Crippen molar-refractivity contribution >= 4 is 0 Å². The lowest BCUT2D eigenvalue weighted by molar-refractivity contribution is 0.149. The molecule has 1 atom stereocenters. The quantitative estimate of drug-likeness (QED) is 0.413. The molecule has 0 saturated heterocycles. The van der Waals surface area contributed by atoms with Gasteiger partial charge in [-0.25, -0.2) is 0 Å². The van der Waals surface area contributed by atoms with Gasteiger partial charge in [-0.3, -0.25) is 0 Å². The van der Waals surface area contributed by atoms with Gasteiger partial charge in [0.15, 0.2) is 0 Å². The van der Waals surface area contributed by atoms with E-state index in [4.69, 9.17) is 0 Å². The molecule has 140 valence electrons. The van der Waals surface area contributed by atoms with Gasteiger partial charge in [-0.2, -0.15) is 0 Å². The molecule has 3 N–H and O–H groups in total. The third kappa shape index (κ3) is 8.26. The highest BCUT2D eigenvalue weighted by molar-refractivity contribution is 5.45. The molecule has 0 saturated carbocycles. The van der Waals surface area contributed by atoms with E-state index in [1.807, 2.05) is 0 Å². The summed E-state index contributed by atoms with van der Waals surface area (Å²) in [6, 6.07) is 3.23. The number of allylic oxidation sites excluding steroid dienone is 3. The van der Waals surface area contributed by atoms with Crippen LogP contribution in [0, 0.1) is 12.8 Å². The van der Waals surface area contributed by atoms with Gasteiger partial charge < -0.3 is 15.3 Å². The van der Waals surface area contributed by atoms with Gasteiger partial charge in [-0.15, -0.1) is 0 Å². The summed E-state index contributed by atoms with van der Waals surface area (Å²) in [5.41, 5.74) is 3.92. The Labute approximate surface area is 152 Å². The first kappa shape index (κ1) is 21.3. The number of benzene rings is 1. The van der Waals surface area contributed by atoms with Crippen LogP contribution in [0.2, 0.25) is 0 Å². The summed E-state index contributed by atoms with van der Waals surface area (Å²) in [4.78, 5) is 0. The number of rotatable bonds is 9. The van der Waals surface area contributed by atoms with E-state index >= 15 is 0 Å². The summed E-state index contributed by atoms with van der Waals surface area (Å²) in [6.07, 6.45) is 8.17. The third-order valence-corrected chi connectivity index (χ3v) is 4.40. The maximum absolute atomic E-state index is 9.98. The van der Waals surface area contributed by atoms with Crippen molar-refractivity contribution in [2.75, 3.05) is 0 Å². The predicted molar refractivity (Wildman–Crippen MR) is 105 cm³/mol. The van der Waals surface area contributed by atoms with Crippen LogP contribution in [0.3, 0.4) is 0 Å². The second kappa shape index (κ2) is 10.3. The first-order valence-corrected chi connectivity index (χ1v) is 9.19. The molecule has 0 aliphatic carbocycles. The van der Waals surface area contributed by atoms with Crippen LogP contribution in [0.25, 0.3) is 0 Å². The van der Waals surface area contributed by atoms with Crippen molar-refractivity contribution in [2.24, 2.45) is 5.92 Å². The van der Waals surface area contributed by atoms with E-state index in [2.05, 4.69) is 39.8 Å². The van der Waals surface area contributed by atoms with Gasteiger partial charge in [0.1, 0.15) is 11.5 Å². The van der Waals surface area contributed by atoms with Gasteiger partial charge in [0.25, 0.3) is 0 Å². The van der Waals surface area contributed by atoms with Crippen LogP contribution in [0.5, 0.6) is 11.5 Å². The molecule has 0 amide bonds. The zero-order valence-electron chi connectivity index (χ0n) is 16.3. The molecule has 0 bridgehead atoms. The van der Waals surface area contributed by atoms with Gasteiger partial charge in [0.05, 0.1) is 6.10 Å². The Morgan fingerprint density at radius 3 is 2.36 bits per heavy atom. The van der Waals surface area contributed by atoms with Crippen molar-refractivity contribution in [1.29, 1.82) is 0 Å². The first-order valence-electron chi connectivity index (χ1n) is 9.19. The van der Waals surface area contributed by atoms with Crippen LogP contribution in [0.15, 0.2) is 35.4 Å². The maximum Gasteiger partial charge on any atom is 0.119 e. The highest BCUT2D eigenvalue weighted by atomic mass is 16.3. The van der Waals surface area contributed by atoms with E-state index in [0.717, 1.165) is 31.2 Å². The predicted octanol–water partition coefficient (Wildman–Crippen LogP) is 5.42. The Balaban J connectivity index is 2.48. The van der Waals surface area contributed by atoms with Crippen molar-refractivity contribution in [3.63, 3.8) is 0 Å². The molecule has 0 radical (unpaired) electrons. The second-order valence-electron chi connectivity index (χ2n) is 7.60. The smallest absolute Gasteiger partial charge is 0.119 e. The van der Waals surface area contributed by atoms with Crippen LogP contribution in [0.1, 0.15) is 64.5 Å². The highest BCUT2D eigenvalue weighted by Gasteiger charge is 2.07. The number of hydrogen-bond donors (Lipinski definition) is 3. The Hall–Kier alpha value is -1.74. The second-order valence-corrected chi connectivity index (χ2v) is 7.60. The summed E-state index contributed by atoms with van der Waals surface area (Å²) in [6.45, 7) is 10.2. The summed E-state index contributed by atoms with van der Waals surface area (Å²) in [5.74, 6) is 0.970. The van der Waals surface area contributed by atoms with Crippen molar-refractivity contribution < 1.29 is 15.3 Å². The van der Waals surface area contributed by atoms with E-state index in [1.165, 1.54) is 11.1 Å². The van der Waals surface area contributed by atoms with E-state index in [1.54, 1.807) is 19.1 Å². The molecule has 0 heterocycles. The molecule has 25 heavy (non-hydrogen) atoms. The molecule has 0 aliphatic rings. The number of aryl methyl sites for hydroxylation is 1. The fraction of sp³-hybridized carbons (Fsp3) is 0.545. The van der Waals surface area contributed by atoms with Crippen LogP contribution in [-0.4, -0.2) is 21.4 Å². The minimum atomic E-state index is -0.245. The van der Waals surface area contributed by atoms with Crippen molar-refractivity contribution in [3.8, 4) is 11.5 Å². The van der Waals surface area contributed by atoms with E-state index < -0.39 is 0 Å². The number of hydrogen-bond acceptors (Lipinski definition) is 3. The summed E-state index contributed by atoms with van der Waals surface area (Å²) in [5, 5.41) is 29.7. The zero-order chi connectivity index (χ0) is 19.0. The normalized spacial score (nSPS) is 14.2. The van der Waals surface area contributed by atoms with Crippen molar-refractivity contribution in [2.45, 2.75) is 72.8 Å². The standard InChI is InChI=1S/C22H34O3/c1-15(2)11-20(23)12-17(4)8-6-7-16(3)9-10-19-14-21(24)18(5)13-22(19)25/h8-9,13-15,20,23-25H,6-7,10-12H2,1-5H3/t20-/m0/s1. The number of aromatic hydroxyl groups is 2. The van der Waals surface area contributed by atoms with E-state index in [-0.39, 0.29) is 17.6 Å². The molecule has 0 aliphatic heterocycles. The molecule has 3 nitrogen and oxygen atoms in total. The number of aliphatic hydroxyl groups excluding tert-OH is 1. The van der Waals surface area contributed by atoms with Crippen LogP contribution in [-0.2, 0) is 6.42 Å². The monoisotopic (exact) mass is 346 g/mol. The summed E-state index contributed by atoms with van der Waals surface area (Å²) >= 11 is 0. The van der Waals surface area contributed by atoms with Crippen LogP contribution in [0.4, 0.5) is 0 Å². The Morgan fingerprint density at radius 1 is 1.04 bits per heavy atom. The van der Waals surface area contributed by atoms with Gasteiger partial charge in [-0.1, -0.05) is 37.1 Å². The van der Waals surface area contributed by atoms with Gasteiger partial charge in [0.2, 0.25) is 0 Å². The number of aliphatic hydroxyl groups is 1. The molecule has 1 aromatic carbocycles. The Bertz CT molecular complexity index is 612. The molecule has 0 aromatic heterocycles. The maximum atomic E-state index is 9.98. The minimum Gasteiger partial charge on any atom is -0.508 e. The summed E-state index contributed by atoms with van der Waals surface area (Å²) < 4.78 is 0. The van der Waals surface area contributed by atoms with Gasteiger partial charge in [-0.05, 0) is 76.5 Å². The zero-order valence-corrected chi connectivity index (χ0v) is 16.3. The van der Waals surface area contributed by atoms with Crippen LogP contribution < -0.4 is 0 Å². The SMILES string of the molecule is CC(=CCc1cc(O)c(C)cc1O)CCC=C(C)C[C@@H](O)CC(C)C. The topological polar surface area (TPSA) is 60.7 Å². The van der Waals surface area contributed by atoms with Gasteiger partial charge >= 0.3 is 0 Å². The van der Waals surface area contributed by atoms with Crippen molar-refractivity contribution in [3.05, 3.63) is 46.6 Å². The molecule has 0 fully saturated rings. The molecular formula is C22H34O3. The van der Waals surface area contributed by atoms with E-state index in [0.29, 0.717) is 17.9 Å². The van der Waals surface area contributed by atoms with Gasteiger partial charge in [0, 0.05) is 5.56 Å². The summed E-state index contributed by atoms with van der Waals surface area (Å²) in [7, 11) is 0. The molecule has 0 spiro atoms. The highest BCUT2D eigenvalue weighted by Crippen LogP contribution is 2.27. The third-order valence-electron chi connectivity index (χ3n) is 4.40. The largest absolute Gasteiger partial charge is 0.508 e. The lowest BCUT2D eigenvalue weighted by Crippen LogP contribution is -2.10. The molecule has 3 heteroatoms. The minimum absolute atomic E-state index is 0.220. The fourth-order valence-electron chi connectivity index (χ4n) is 2.90. The number of phenols is 2. The average Bonchev–Trinajstić information content (AvgIpc) is 2.48. The Morgan fingerprint density at radius 2 is 1.72 bits per heavy atom. The van der Waals surface area contributed by atoms with Crippen molar-refractivity contribution in [1.82, 2.24) is 0 Å². The lowest BCUT2D eigenvalue weighted by atomic mass is 9.99. The Kier molecular flexibility index (Phi) is 8.77. The number of phenolic OH excluding ortho intramolecular Hbond substituents is 2. The fourth-order valence-corrected chi connectivity index (χ4v) is 2.90. The molecule has 1 rings (SSSR count). The average molecular weight is 347 g/mol. The molecular weight excluding hydrogens is 312 g/mol. The first-order chi connectivity index (χ1) is 11.7. The van der Waals surface area contributed by atoms with E-state index in [9.17, 15) is 15.3 Å². The van der Waals surface area contributed by atoms with Crippen LogP contribution >= 0.6 is 0 Å². The molecule has 1 aromatic rings.